The highest BCUT2D eigenvalue weighted by Crippen LogP contribution is 2.31. The molecule has 0 amide bonds. The summed E-state index contributed by atoms with van der Waals surface area (Å²) in [5.74, 6) is 0.775. The van der Waals surface area contributed by atoms with Gasteiger partial charge in [-0.15, -0.1) is 0 Å². The Labute approximate surface area is 118 Å². The molecule has 1 aliphatic rings. The summed E-state index contributed by atoms with van der Waals surface area (Å²) in [5.41, 5.74) is 0.771. The van der Waals surface area contributed by atoms with E-state index < -0.39 is 5.60 Å². The van der Waals surface area contributed by atoms with Crippen LogP contribution in [0.2, 0.25) is 0 Å². The second kappa shape index (κ2) is 6.18. The first-order chi connectivity index (χ1) is 8.57. The smallest absolute Gasteiger partial charge is 0.0771 e. The molecule has 0 aromatic heterocycles. The summed E-state index contributed by atoms with van der Waals surface area (Å²) in [5, 5.41) is 13.8. The number of benzene rings is 1. The zero-order valence-corrected chi connectivity index (χ0v) is 12.5. The van der Waals surface area contributed by atoms with Gasteiger partial charge in [0.25, 0.3) is 0 Å². The van der Waals surface area contributed by atoms with Crippen molar-refractivity contribution in [2.45, 2.75) is 44.8 Å². The molecule has 1 aromatic carbocycles. The number of halogens is 1. The van der Waals surface area contributed by atoms with Crippen LogP contribution in [0.3, 0.4) is 0 Å². The number of hydrogen-bond donors (Lipinski definition) is 2. The Kier molecular flexibility index (Phi) is 4.82. The van der Waals surface area contributed by atoms with Crippen molar-refractivity contribution in [3.63, 3.8) is 0 Å². The highest BCUT2D eigenvalue weighted by molar-refractivity contribution is 9.10. The average molecular weight is 312 g/mol. The molecule has 0 radical (unpaired) electrons. The van der Waals surface area contributed by atoms with Crippen molar-refractivity contribution < 1.29 is 5.11 Å². The summed E-state index contributed by atoms with van der Waals surface area (Å²) in [6, 6.07) is 8.30. The fourth-order valence-corrected chi connectivity index (χ4v) is 2.78. The molecular formula is C15H22BrNO. The molecule has 0 unspecified atom stereocenters. The molecule has 3 heteroatoms. The summed E-state index contributed by atoms with van der Waals surface area (Å²) in [7, 11) is 0. The Bertz CT molecular complexity index is 369. The van der Waals surface area contributed by atoms with Crippen molar-refractivity contribution in [2.24, 2.45) is 5.92 Å². The first-order valence-corrected chi connectivity index (χ1v) is 7.54. The lowest BCUT2D eigenvalue weighted by atomic mass is 9.79. The summed E-state index contributed by atoms with van der Waals surface area (Å²) >= 11 is 3.43. The molecule has 0 atom stereocenters. The third kappa shape index (κ3) is 4.08. The molecule has 1 fully saturated rings. The molecule has 100 valence electrons. The van der Waals surface area contributed by atoms with Crippen molar-refractivity contribution in [1.29, 1.82) is 0 Å². The van der Waals surface area contributed by atoms with Gasteiger partial charge in [-0.1, -0.05) is 35.0 Å². The van der Waals surface area contributed by atoms with Crippen LogP contribution < -0.4 is 5.32 Å². The lowest BCUT2D eigenvalue weighted by Crippen LogP contribution is -2.43. The number of aliphatic hydroxyl groups is 1. The second-order valence-corrected chi connectivity index (χ2v) is 6.55. The van der Waals surface area contributed by atoms with Crippen LogP contribution in [0.1, 0.15) is 38.2 Å². The van der Waals surface area contributed by atoms with Crippen molar-refractivity contribution in [3.8, 4) is 0 Å². The number of nitrogens with one attached hydrogen (secondary N) is 1. The van der Waals surface area contributed by atoms with Crippen molar-refractivity contribution in [2.75, 3.05) is 6.54 Å². The van der Waals surface area contributed by atoms with Gasteiger partial charge in [0, 0.05) is 17.6 Å². The maximum atomic E-state index is 10.4. The van der Waals surface area contributed by atoms with E-state index >= 15 is 0 Å². The van der Waals surface area contributed by atoms with E-state index in [0.29, 0.717) is 6.54 Å². The zero-order valence-electron chi connectivity index (χ0n) is 11.0. The summed E-state index contributed by atoms with van der Waals surface area (Å²) < 4.78 is 1.10. The molecule has 1 aliphatic carbocycles. The molecular weight excluding hydrogens is 290 g/mol. The predicted molar refractivity (Wildman–Crippen MR) is 78.4 cm³/mol. The first-order valence-electron chi connectivity index (χ1n) is 6.75. The summed E-state index contributed by atoms with van der Waals surface area (Å²) in [4.78, 5) is 0. The molecule has 1 aromatic rings. The molecule has 0 aliphatic heterocycles. The molecule has 0 spiro atoms. The Morgan fingerprint density at radius 1 is 1.28 bits per heavy atom. The van der Waals surface area contributed by atoms with Crippen LogP contribution in [0, 0.1) is 5.92 Å². The van der Waals surface area contributed by atoms with E-state index in [1.165, 1.54) is 5.56 Å². The van der Waals surface area contributed by atoms with Crippen molar-refractivity contribution in [3.05, 3.63) is 34.3 Å². The fraction of sp³-hybridized carbons (Fsp3) is 0.600. The largest absolute Gasteiger partial charge is 0.389 e. The summed E-state index contributed by atoms with van der Waals surface area (Å²) in [6.07, 6.45) is 4.16. The molecule has 1 saturated carbocycles. The monoisotopic (exact) mass is 311 g/mol. The van der Waals surface area contributed by atoms with Gasteiger partial charge in [0.05, 0.1) is 5.60 Å². The van der Waals surface area contributed by atoms with Crippen molar-refractivity contribution >= 4 is 15.9 Å². The highest BCUT2D eigenvalue weighted by Gasteiger charge is 2.31. The van der Waals surface area contributed by atoms with Gasteiger partial charge in [-0.05, 0) is 49.3 Å². The summed E-state index contributed by atoms with van der Waals surface area (Å²) in [6.45, 7) is 3.80. The maximum Gasteiger partial charge on any atom is 0.0771 e. The van der Waals surface area contributed by atoms with Crippen LogP contribution in [-0.2, 0) is 6.54 Å². The van der Waals surface area contributed by atoms with Gasteiger partial charge in [0.1, 0.15) is 0 Å². The molecule has 0 saturated heterocycles. The van der Waals surface area contributed by atoms with Crippen LogP contribution in [0.25, 0.3) is 0 Å². The standard InChI is InChI=1S/C15H22BrNO/c1-12-6-8-15(18,9-7-12)11-17-10-13-2-4-14(16)5-3-13/h2-5,12,17-18H,6-11H2,1H3. The van der Waals surface area contributed by atoms with Gasteiger partial charge in [-0.3, -0.25) is 0 Å². The highest BCUT2D eigenvalue weighted by atomic mass is 79.9. The first kappa shape index (κ1) is 14.0. The maximum absolute atomic E-state index is 10.4. The van der Waals surface area contributed by atoms with E-state index in [9.17, 15) is 5.11 Å². The van der Waals surface area contributed by atoms with Gasteiger partial charge in [0.15, 0.2) is 0 Å². The fourth-order valence-electron chi connectivity index (χ4n) is 2.52. The molecule has 18 heavy (non-hydrogen) atoms. The lowest BCUT2D eigenvalue weighted by Gasteiger charge is -2.35. The van der Waals surface area contributed by atoms with E-state index in [4.69, 9.17) is 0 Å². The second-order valence-electron chi connectivity index (χ2n) is 5.64. The van der Waals surface area contributed by atoms with E-state index in [1.807, 2.05) is 12.1 Å². The number of hydrogen-bond acceptors (Lipinski definition) is 2. The van der Waals surface area contributed by atoms with E-state index in [2.05, 4.69) is 40.3 Å². The molecule has 0 heterocycles. The number of rotatable bonds is 4. The molecule has 2 nitrogen and oxygen atoms in total. The van der Waals surface area contributed by atoms with Gasteiger partial charge in [-0.25, -0.2) is 0 Å². The van der Waals surface area contributed by atoms with Crippen LogP contribution in [0.5, 0.6) is 0 Å². The molecule has 0 bridgehead atoms. The van der Waals surface area contributed by atoms with Gasteiger partial charge >= 0.3 is 0 Å². The minimum atomic E-state index is -0.484. The molecule has 2 N–H and O–H groups in total. The Balaban J connectivity index is 1.76. The predicted octanol–water partition coefficient (Wildman–Crippen LogP) is 3.48. The van der Waals surface area contributed by atoms with E-state index in [1.54, 1.807) is 0 Å². The Morgan fingerprint density at radius 2 is 1.89 bits per heavy atom. The van der Waals surface area contributed by atoms with Gasteiger partial charge in [0.2, 0.25) is 0 Å². The average Bonchev–Trinajstić information content (AvgIpc) is 2.36. The van der Waals surface area contributed by atoms with Crippen LogP contribution >= 0.6 is 15.9 Å². The van der Waals surface area contributed by atoms with Crippen LogP contribution in [0.15, 0.2) is 28.7 Å². The minimum Gasteiger partial charge on any atom is -0.389 e. The van der Waals surface area contributed by atoms with Crippen LogP contribution in [-0.4, -0.2) is 17.3 Å². The van der Waals surface area contributed by atoms with E-state index in [-0.39, 0.29) is 0 Å². The Morgan fingerprint density at radius 3 is 2.50 bits per heavy atom. The molecule has 2 rings (SSSR count). The normalized spacial score (nSPS) is 28.3. The van der Waals surface area contributed by atoms with Gasteiger partial charge < -0.3 is 10.4 Å². The van der Waals surface area contributed by atoms with Crippen LogP contribution in [0.4, 0.5) is 0 Å². The zero-order chi connectivity index (χ0) is 13.0. The third-order valence-electron chi connectivity index (χ3n) is 3.90. The van der Waals surface area contributed by atoms with Crippen molar-refractivity contribution in [1.82, 2.24) is 5.32 Å². The van der Waals surface area contributed by atoms with E-state index in [0.717, 1.165) is 42.6 Å². The minimum absolute atomic E-state index is 0.484. The third-order valence-corrected chi connectivity index (χ3v) is 4.43. The lowest BCUT2D eigenvalue weighted by molar-refractivity contribution is -0.00630. The topological polar surface area (TPSA) is 32.3 Å². The Hall–Kier alpha value is -0.380. The van der Waals surface area contributed by atoms with Gasteiger partial charge in [-0.2, -0.15) is 0 Å². The SMILES string of the molecule is CC1CCC(O)(CNCc2ccc(Br)cc2)CC1. The quantitative estimate of drug-likeness (QED) is 0.892.